The van der Waals surface area contributed by atoms with Gasteiger partial charge in [-0.2, -0.15) is 0 Å². The molecule has 1 aromatic carbocycles. The van der Waals surface area contributed by atoms with Crippen LogP contribution in [0.25, 0.3) is 5.57 Å². The second-order valence-corrected chi connectivity index (χ2v) is 5.27. The zero-order valence-corrected chi connectivity index (χ0v) is 12.3. The molecule has 0 radical (unpaired) electrons. The Morgan fingerprint density at radius 3 is 2.63 bits per heavy atom. The van der Waals surface area contributed by atoms with Crippen LogP contribution in [0.4, 0.5) is 0 Å². The van der Waals surface area contributed by atoms with Gasteiger partial charge in [0, 0.05) is 5.03 Å². The van der Waals surface area contributed by atoms with Crippen LogP contribution in [-0.2, 0) is 0 Å². The number of benzene rings is 1. The zero-order chi connectivity index (χ0) is 13.8. The van der Waals surface area contributed by atoms with E-state index >= 15 is 0 Å². The molecule has 0 saturated carbocycles. The lowest BCUT2D eigenvalue weighted by molar-refractivity contribution is 0.230. The second kappa shape index (κ2) is 6.16. The smallest absolute Gasteiger partial charge is 0.162 e. The van der Waals surface area contributed by atoms with Gasteiger partial charge in [-0.3, -0.25) is 0 Å². The average molecular weight is 279 g/mol. The van der Waals surface area contributed by atoms with E-state index in [1.807, 2.05) is 44.2 Å². The highest BCUT2D eigenvalue weighted by Crippen LogP contribution is 2.34. The predicted octanol–water partition coefficient (Wildman–Crippen LogP) is 4.78. The molecule has 102 valence electrons. The molecule has 0 N–H and O–H groups in total. The maximum absolute atomic E-state index is 6.07. The molecule has 19 heavy (non-hydrogen) atoms. The molecule has 0 spiro atoms. The number of methoxy groups -OCH3 is 1. The maximum Gasteiger partial charge on any atom is 0.162 e. The van der Waals surface area contributed by atoms with Gasteiger partial charge in [0.2, 0.25) is 0 Å². The van der Waals surface area contributed by atoms with Crippen LogP contribution >= 0.6 is 11.6 Å². The van der Waals surface area contributed by atoms with Crippen LogP contribution in [0.5, 0.6) is 11.5 Å². The van der Waals surface area contributed by atoms with E-state index in [9.17, 15) is 0 Å². The van der Waals surface area contributed by atoms with Crippen LogP contribution in [0.3, 0.4) is 0 Å². The van der Waals surface area contributed by atoms with Crippen LogP contribution in [0.15, 0.2) is 35.4 Å². The first kappa shape index (κ1) is 14.0. The van der Waals surface area contributed by atoms with Crippen molar-refractivity contribution in [2.45, 2.75) is 32.8 Å². The molecule has 1 aliphatic rings. The van der Waals surface area contributed by atoms with E-state index in [1.165, 1.54) is 5.57 Å². The summed E-state index contributed by atoms with van der Waals surface area (Å²) in [5.41, 5.74) is 2.38. The summed E-state index contributed by atoms with van der Waals surface area (Å²) in [6.45, 7) is 4.01. The van der Waals surface area contributed by atoms with Gasteiger partial charge in [0.15, 0.2) is 11.5 Å². The molecule has 0 aromatic heterocycles. The van der Waals surface area contributed by atoms with Crippen molar-refractivity contribution in [3.63, 3.8) is 0 Å². The fourth-order valence-corrected chi connectivity index (χ4v) is 2.35. The molecule has 1 aromatic rings. The lowest BCUT2D eigenvalue weighted by Gasteiger charge is -2.17. The minimum Gasteiger partial charge on any atom is -0.493 e. The molecular formula is C16H19ClO2. The predicted molar refractivity (Wildman–Crippen MR) is 79.9 cm³/mol. The average Bonchev–Trinajstić information content (AvgIpc) is 2.38. The molecule has 0 unspecified atom stereocenters. The molecule has 0 fully saturated rings. The molecule has 0 atom stereocenters. The van der Waals surface area contributed by atoms with Gasteiger partial charge in [-0.05, 0) is 56.0 Å². The third-order valence-electron chi connectivity index (χ3n) is 2.96. The number of hydrogen-bond acceptors (Lipinski definition) is 2. The molecule has 0 bridgehead atoms. The Bertz CT molecular complexity index is 515. The van der Waals surface area contributed by atoms with Crippen LogP contribution < -0.4 is 9.47 Å². The molecule has 0 heterocycles. The maximum atomic E-state index is 6.07. The molecular weight excluding hydrogens is 260 g/mol. The van der Waals surface area contributed by atoms with E-state index in [2.05, 4.69) is 0 Å². The van der Waals surface area contributed by atoms with E-state index in [1.54, 1.807) is 7.11 Å². The van der Waals surface area contributed by atoms with Crippen LogP contribution in [0, 0.1) is 0 Å². The van der Waals surface area contributed by atoms with Crippen molar-refractivity contribution >= 4 is 17.2 Å². The first-order valence-corrected chi connectivity index (χ1v) is 6.89. The van der Waals surface area contributed by atoms with Crippen molar-refractivity contribution in [3.05, 3.63) is 40.9 Å². The molecule has 3 heteroatoms. The fourth-order valence-electron chi connectivity index (χ4n) is 2.11. The van der Waals surface area contributed by atoms with Gasteiger partial charge in [0.25, 0.3) is 0 Å². The van der Waals surface area contributed by atoms with E-state index in [0.29, 0.717) is 0 Å². The van der Waals surface area contributed by atoms with Gasteiger partial charge in [-0.15, -0.1) is 0 Å². The van der Waals surface area contributed by atoms with Crippen molar-refractivity contribution < 1.29 is 9.47 Å². The molecule has 0 amide bonds. The Hall–Kier alpha value is -1.41. The van der Waals surface area contributed by atoms with Gasteiger partial charge >= 0.3 is 0 Å². The first-order valence-electron chi connectivity index (χ1n) is 6.51. The minimum absolute atomic E-state index is 0.118. The Labute approximate surface area is 119 Å². The number of allylic oxidation sites excluding steroid dienone is 4. The fraction of sp³-hybridized carbons (Fsp3) is 0.375. The first-order chi connectivity index (χ1) is 9.10. The molecule has 2 nitrogen and oxygen atoms in total. The summed E-state index contributed by atoms with van der Waals surface area (Å²) in [5.74, 6) is 1.54. The largest absolute Gasteiger partial charge is 0.493 e. The quantitative estimate of drug-likeness (QED) is 0.789. The van der Waals surface area contributed by atoms with Gasteiger partial charge in [-0.1, -0.05) is 23.7 Å². The van der Waals surface area contributed by atoms with Crippen LogP contribution in [0.1, 0.15) is 32.3 Å². The van der Waals surface area contributed by atoms with Crippen molar-refractivity contribution in [1.29, 1.82) is 0 Å². The third-order valence-corrected chi connectivity index (χ3v) is 3.23. The van der Waals surface area contributed by atoms with Crippen molar-refractivity contribution in [2.24, 2.45) is 0 Å². The number of rotatable bonds is 4. The second-order valence-electron chi connectivity index (χ2n) is 4.83. The van der Waals surface area contributed by atoms with E-state index in [4.69, 9.17) is 21.1 Å². The number of hydrogen-bond donors (Lipinski definition) is 0. The molecule has 0 aliphatic heterocycles. The Morgan fingerprint density at radius 1 is 1.21 bits per heavy atom. The zero-order valence-electron chi connectivity index (χ0n) is 11.6. The number of halogens is 1. The van der Waals surface area contributed by atoms with E-state index < -0.39 is 0 Å². The third kappa shape index (κ3) is 3.54. The molecule has 1 aliphatic carbocycles. The minimum atomic E-state index is 0.118. The lowest BCUT2D eigenvalue weighted by atomic mass is 9.97. The van der Waals surface area contributed by atoms with Crippen molar-refractivity contribution in [1.82, 2.24) is 0 Å². The van der Waals surface area contributed by atoms with Gasteiger partial charge in [-0.25, -0.2) is 0 Å². The Balaban J connectivity index is 2.34. The standard InChI is InChI=1S/C16H19ClO2/c1-11(2)19-16-10-13(7-8-15(16)18-3)12-5-4-6-14(17)9-12/h6-11H,4-5H2,1-3H3. The Kier molecular flexibility index (Phi) is 4.54. The van der Waals surface area contributed by atoms with E-state index in [0.717, 1.165) is 34.9 Å². The van der Waals surface area contributed by atoms with Gasteiger partial charge in [0.1, 0.15) is 0 Å². The lowest BCUT2D eigenvalue weighted by Crippen LogP contribution is -2.07. The van der Waals surface area contributed by atoms with Gasteiger partial charge < -0.3 is 9.47 Å². The van der Waals surface area contributed by atoms with Crippen LogP contribution in [0.2, 0.25) is 0 Å². The number of ether oxygens (including phenoxy) is 2. The highest BCUT2D eigenvalue weighted by molar-refractivity contribution is 6.31. The summed E-state index contributed by atoms with van der Waals surface area (Å²) in [6.07, 6.45) is 6.17. The topological polar surface area (TPSA) is 18.5 Å². The summed E-state index contributed by atoms with van der Waals surface area (Å²) in [4.78, 5) is 0. The summed E-state index contributed by atoms with van der Waals surface area (Å²) in [6, 6.07) is 6.02. The monoisotopic (exact) mass is 278 g/mol. The van der Waals surface area contributed by atoms with Crippen LogP contribution in [-0.4, -0.2) is 13.2 Å². The normalized spacial score (nSPS) is 15.0. The Morgan fingerprint density at radius 2 is 2.00 bits per heavy atom. The summed E-state index contributed by atoms with van der Waals surface area (Å²) in [7, 11) is 1.65. The highest BCUT2D eigenvalue weighted by atomic mass is 35.5. The van der Waals surface area contributed by atoms with Gasteiger partial charge in [0.05, 0.1) is 13.2 Å². The summed E-state index contributed by atoms with van der Waals surface area (Å²) < 4.78 is 11.1. The summed E-state index contributed by atoms with van der Waals surface area (Å²) >= 11 is 6.07. The highest BCUT2D eigenvalue weighted by Gasteiger charge is 2.12. The van der Waals surface area contributed by atoms with Crippen molar-refractivity contribution in [2.75, 3.05) is 7.11 Å². The van der Waals surface area contributed by atoms with Crippen molar-refractivity contribution in [3.8, 4) is 11.5 Å². The van der Waals surface area contributed by atoms with E-state index in [-0.39, 0.29) is 6.10 Å². The molecule has 0 saturated heterocycles. The molecule has 2 rings (SSSR count). The summed E-state index contributed by atoms with van der Waals surface area (Å²) in [5, 5.41) is 0.809. The SMILES string of the molecule is COc1ccc(C2=CC(Cl)=CCC2)cc1OC(C)C.